The third-order valence-corrected chi connectivity index (χ3v) is 3.82. The monoisotopic (exact) mass is 276 g/mol. The first kappa shape index (κ1) is 14.2. The van der Waals surface area contributed by atoms with Crippen molar-refractivity contribution in [2.24, 2.45) is 0 Å². The number of thiazole rings is 1. The topological polar surface area (TPSA) is 34.1 Å². The van der Waals surface area contributed by atoms with Gasteiger partial charge in [0.15, 0.2) is 0 Å². The molecule has 0 radical (unpaired) electrons. The molecule has 4 heteroatoms. The van der Waals surface area contributed by atoms with E-state index < -0.39 is 0 Å². The van der Waals surface area contributed by atoms with Crippen LogP contribution in [0.25, 0.3) is 10.4 Å². The third kappa shape index (κ3) is 3.86. The maximum atomic E-state index is 5.58. The number of aromatic nitrogens is 1. The molecule has 102 valence electrons. The van der Waals surface area contributed by atoms with E-state index in [9.17, 15) is 0 Å². The fraction of sp³-hybridized carbons (Fsp3) is 0.400. The predicted octanol–water partition coefficient (Wildman–Crippen LogP) is 3.46. The van der Waals surface area contributed by atoms with Gasteiger partial charge in [0.05, 0.1) is 17.2 Å². The molecule has 1 aromatic heterocycles. The van der Waals surface area contributed by atoms with Gasteiger partial charge in [-0.3, -0.25) is 0 Å². The summed E-state index contributed by atoms with van der Waals surface area (Å²) in [4.78, 5) is 5.92. The first-order valence-electron chi connectivity index (χ1n) is 6.61. The largest absolute Gasteiger partial charge is 0.374 e. The minimum Gasteiger partial charge on any atom is -0.374 e. The van der Waals surface area contributed by atoms with E-state index in [2.05, 4.69) is 41.5 Å². The van der Waals surface area contributed by atoms with Crippen LogP contribution >= 0.6 is 11.3 Å². The minimum absolute atomic E-state index is 0.613. The van der Waals surface area contributed by atoms with Gasteiger partial charge in [-0.2, -0.15) is 0 Å². The number of nitrogens with zero attached hydrogens (tertiary/aromatic N) is 1. The van der Waals surface area contributed by atoms with Crippen molar-refractivity contribution in [3.63, 3.8) is 0 Å². The number of ether oxygens (including phenoxy) is 1. The minimum atomic E-state index is 0.613. The summed E-state index contributed by atoms with van der Waals surface area (Å²) in [5.74, 6) is 0. The molecule has 0 bridgehead atoms. The molecule has 3 nitrogen and oxygen atoms in total. The molecule has 1 aromatic carbocycles. The van der Waals surface area contributed by atoms with Crippen LogP contribution in [0.4, 0.5) is 0 Å². The lowest BCUT2D eigenvalue weighted by molar-refractivity contribution is 0.121. The highest BCUT2D eigenvalue weighted by molar-refractivity contribution is 7.15. The summed E-state index contributed by atoms with van der Waals surface area (Å²) in [6.07, 6.45) is 1.04. The van der Waals surface area contributed by atoms with E-state index in [4.69, 9.17) is 4.74 Å². The molecule has 0 unspecified atom stereocenters. The van der Waals surface area contributed by atoms with Crippen molar-refractivity contribution >= 4 is 11.3 Å². The first-order valence-corrected chi connectivity index (χ1v) is 7.43. The molecular formula is C15H20N2OS. The van der Waals surface area contributed by atoms with Gasteiger partial charge in [0, 0.05) is 13.2 Å². The van der Waals surface area contributed by atoms with Crippen molar-refractivity contribution < 1.29 is 4.74 Å². The molecule has 0 fully saturated rings. The molecule has 0 atom stereocenters. The number of hydrogen-bond acceptors (Lipinski definition) is 4. The SMILES string of the molecule is CCCOCc1nc(CNC)c(-c2ccccc2)s1. The fourth-order valence-electron chi connectivity index (χ4n) is 1.87. The summed E-state index contributed by atoms with van der Waals surface area (Å²) >= 11 is 1.73. The van der Waals surface area contributed by atoms with Crippen molar-refractivity contribution in [3.05, 3.63) is 41.0 Å². The van der Waals surface area contributed by atoms with E-state index >= 15 is 0 Å². The van der Waals surface area contributed by atoms with Gasteiger partial charge in [0.1, 0.15) is 5.01 Å². The van der Waals surface area contributed by atoms with Gasteiger partial charge < -0.3 is 10.1 Å². The van der Waals surface area contributed by atoms with E-state index in [-0.39, 0.29) is 0 Å². The van der Waals surface area contributed by atoms with Crippen molar-refractivity contribution in [2.75, 3.05) is 13.7 Å². The fourth-order valence-corrected chi connectivity index (χ4v) is 2.89. The summed E-state index contributed by atoms with van der Waals surface area (Å²) in [6.45, 7) is 4.31. The van der Waals surface area contributed by atoms with Crippen LogP contribution in [-0.4, -0.2) is 18.6 Å². The Kier molecular flexibility index (Phi) is 5.51. The van der Waals surface area contributed by atoms with E-state index in [1.54, 1.807) is 11.3 Å². The van der Waals surface area contributed by atoms with E-state index in [1.165, 1.54) is 10.4 Å². The Labute approximate surface area is 118 Å². The Balaban J connectivity index is 2.21. The average molecular weight is 276 g/mol. The molecule has 0 spiro atoms. The van der Waals surface area contributed by atoms with Crippen molar-refractivity contribution in [3.8, 4) is 10.4 Å². The predicted molar refractivity (Wildman–Crippen MR) is 80.3 cm³/mol. The van der Waals surface area contributed by atoms with E-state index in [1.807, 2.05) is 13.1 Å². The second-order valence-corrected chi connectivity index (χ2v) is 5.42. The highest BCUT2D eigenvalue weighted by Crippen LogP contribution is 2.30. The Morgan fingerprint density at radius 3 is 2.74 bits per heavy atom. The Morgan fingerprint density at radius 2 is 2.05 bits per heavy atom. The number of benzene rings is 1. The summed E-state index contributed by atoms with van der Waals surface area (Å²) in [5, 5.41) is 4.23. The third-order valence-electron chi connectivity index (χ3n) is 2.70. The van der Waals surface area contributed by atoms with Gasteiger partial charge in [0.2, 0.25) is 0 Å². The number of rotatable bonds is 7. The standard InChI is InChI=1S/C15H20N2OS/c1-3-9-18-11-14-17-13(10-16-2)15(19-14)12-7-5-4-6-8-12/h4-8,16H,3,9-11H2,1-2H3. The van der Waals surface area contributed by atoms with Crippen LogP contribution in [0.5, 0.6) is 0 Å². The van der Waals surface area contributed by atoms with Gasteiger partial charge in [-0.05, 0) is 19.0 Å². The van der Waals surface area contributed by atoms with Gasteiger partial charge >= 0.3 is 0 Å². The molecular weight excluding hydrogens is 256 g/mol. The molecule has 2 aromatic rings. The smallest absolute Gasteiger partial charge is 0.119 e. The first-order chi connectivity index (χ1) is 9.35. The highest BCUT2D eigenvalue weighted by Gasteiger charge is 2.12. The van der Waals surface area contributed by atoms with Crippen LogP contribution in [-0.2, 0) is 17.9 Å². The van der Waals surface area contributed by atoms with Crippen LogP contribution < -0.4 is 5.32 Å². The second-order valence-electron chi connectivity index (χ2n) is 4.33. The van der Waals surface area contributed by atoms with E-state index in [0.29, 0.717) is 6.61 Å². The zero-order valence-electron chi connectivity index (χ0n) is 11.5. The summed E-state index contributed by atoms with van der Waals surface area (Å²) in [5.41, 5.74) is 2.33. The van der Waals surface area contributed by atoms with Crippen LogP contribution in [0.2, 0.25) is 0 Å². The molecule has 2 rings (SSSR count). The summed E-state index contributed by atoms with van der Waals surface area (Å²) in [7, 11) is 1.95. The lowest BCUT2D eigenvalue weighted by Gasteiger charge is -2.00. The lowest BCUT2D eigenvalue weighted by atomic mass is 10.1. The maximum Gasteiger partial charge on any atom is 0.119 e. The average Bonchev–Trinajstić information content (AvgIpc) is 2.84. The van der Waals surface area contributed by atoms with Crippen LogP contribution in [0, 0.1) is 0 Å². The normalized spacial score (nSPS) is 10.8. The zero-order chi connectivity index (χ0) is 13.5. The van der Waals surface area contributed by atoms with Crippen LogP contribution in [0.15, 0.2) is 30.3 Å². The maximum absolute atomic E-state index is 5.58. The van der Waals surface area contributed by atoms with Gasteiger partial charge in [-0.1, -0.05) is 37.3 Å². The van der Waals surface area contributed by atoms with Crippen molar-refractivity contribution in [1.82, 2.24) is 10.3 Å². The summed E-state index contributed by atoms with van der Waals surface area (Å²) < 4.78 is 5.58. The Morgan fingerprint density at radius 1 is 1.26 bits per heavy atom. The molecule has 19 heavy (non-hydrogen) atoms. The van der Waals surface area contributed by atoms with E-state index in [0.717, 1.165) is 30.3 Å². The van der Waals surface area contributed by atoms with Crippen LogP contribution in [0.1, 0.15) is 24.0 Å². The Bertz CT molecular complexity index is 496. The molecule has 1 heterocycles. The molecule has 0 aliphatic heterocycles. The van der Waals surface area contributed by atoms with Gasteiger partial charge in [-0.15, -0.1) is 11.3 Å². The molecule has 0 aliphatic rings. The van der Waals surface area contributed by atoms with Gasteiger partial charge in [-0.25, -0.2) is 4.98 Å². The van der Waals surface area contributed by atoms with Crippen LogP contribution in [0.3, 0.4) is 0 Å². The molecule has 1 N–H and O–H groups in total. The molecule has 0 amide bonds. The van der Waals surface area contributed by atoms with Gasteiger partial charge in [0.25, 0.3) is 0 Å². The summed E-state index contributed by atoms with van der Waals surface area (Å²) in [6, 6.07) is 10.4. The lowest BCUT2D eigenvalue weighted by Crippen LogP contribution is -2.06. The van der Waals surface area contributed by atoms with Crippen molar-refractivity contribution in [2.45, 2.75) is 26.5 Å². The highest BCUT2D eigenvalue weighted by atomic mass is 32.1. The van der Waals surface area contributed by atoms with Crippen molar-refractivity contribution in [1.29, 1.82) is 0 Å². The molecule has 0 aliphatic carbocycles. The number of nitrogens with one attached hydrogen (secondary N) is 1. The number of hydrogen-bond donors (Lipinski definition) is 1. The molecule has 0 saturated carbocycles. The Hall–Kier alpha value is -1.23. The second kappa shape index (κ2) is 7.38. The quantitative estimate of drug-likeness (QED) is 0.786. The zero-order valence-corrected chi connectivity index (χ0v) is 12.3. The molecule has 0 saturated heterocycles.